The van der Waals surface area contributed by atoms with Gasteiger partial charge in [-0.25, -0.2) is 0 Å². The Hall–Kier alpha value is -3.49. The number of carbonyl (C=O) groups excluding carboxylic acids is 1. The van der Waals surface area contributed by atoms with Gasteiger partial charge >= 0.3 is 12.0 Å². The van der Waals surface area contributed by atoms with E-state index in [2.05, 4.69) is 32.5 Å². The van der Waals surface area contributed by atoms with E-state index in [1.54, 1.807) is 0 Å². The molecule has 0 unspecified atom stereocenters. The number of hydrogen-bond acceptors (Lipinski definition) is 7. The fourth-order valence-corrected chi connectivity index (χ4v) is 3.66. The predicted molar refractivity (Wildman–Crippen MR) is 103 cm³/mol. The van der Waals surface area contributed by atoms with Gasteiger partial charge in [-0.3, -0.25) is 30.3 Å². The normalized spacial score (nSPS) is 16.9. The molecule has 28 heavy (non-hydrogen) atoms. The summed E-state index contributed by atoms with van der Waals surface area (Å²) in [5.74, 6) is -0.558. The second-order valence-corrected chi connectivity index (χ2v) is 7.06. The molecule has 1 aromatic heterocycles. The molecule has 0 radical (unpaired) electrons. The maximum atomic E-state index is 13.2. The van der Waals surface area contributed by atoms with Crippen molar-refractivity contribution in [3.05, 3.63) is 63.2 Å². The highest BCUT2D eigenvalue weighted by atomic mass is 16.6. The minimum absolute atomic E-state index is 0.0125. The monoisotopic (exact) mass is 379 g/mol. The van der Waals surface area contributed by atoms with E-state index in [0.29, 0.717) is 0 Å². The van der Waals surface area contributed by atoms with Gasteiger partial charge in [-0.1, -0.05) is 24.3 Å². The van der Waals surface area contributed by atoms with Crippen molar-refractivity contribution in [1.29, 1.82) is 0 Å². The second-order valence-electron chi connectivity index (χ2n) is 7.06. The van der Waals surface area contributed by atoms with Crippen LogP contribution in [0, 0.1) is 17.0 Å². The van der Waals surface area contributed by atoms with E-state index >= 15 is 0 Å². The molecule has 1 aliphatic carbocycles. The van der Waals surface area contributed by atoms with Crippen molar-refractivity contribution in [3.63, 3.8) is 0 Å². The Balaban J connectivity index is 1.75. The summed E-state index contributed by atoms with van der Waals surface area (Å²) in [5, 5.41) is 11.7. The predicted octanol–water partition coefficient (Wildman–Crippen LogP) is 1.35. The number of nitrogens with one attached hydrogen (secondary N) is 1. The van der Waals surface area contributed by atoms with Gasteiger partial charge < -0.3 is 0 Å². The Morgan fingerprint density at radius 2 is 1.86 bits per heavy atom. The van der Waals surface area contributed by atoms with Crippen LogP contribution in [0.25, 0.3) is 0 Å². The Kier molecular flexibility index (Phi) is 4.21. The molecule has 1 aliphatic heterocycles. The lowest BCUT2D eigenvalue weighted by atomic mass is 10.0. The third-order valence-electron chi connectivity index (χ3n) is 5.09. The maximum Gasteiger partial charge on any atom is 0.367 e. The molecule has 1 N–H and O–H groups in total. The van der Waals surface area contributed by atoms with Crippen molar-refractivity contribution < 1.29 is 14.4 Å². The fourth-order valence-electron chi connectivity index (χ4n) is 3.66. The van der Waals surface area contributed by atoms with Gasteiger partial charge in [0.25, 0.3) is 11.5 Å². The van der Waals surface area contributed by atoms with Crippen LogP contribution in [0.4, 0.5) is 5.69 Å². The Morgan fingerprint density at radius 3 is 2.43 bits per heavy atom. The number of aryl methyl sites for hydroxylation is 1. The number of carbonyl (C=O) groups is 1. The van der Waals surface area contributed by atoms with Gasteiger partial charge in [-0.2, -0.15) is 0 Å². The van der Waals surface area contributed by atoms with Crippen LogP contribution in [-0.4, -0.2) is 39.8 Å². The van der Waals surface area contributed by atoms with Crippen molar-refractivity contribution in [2.24, 2.45) is 9.98 Å². The Bertz CT molecular complexity index is 1010. The van der Waals surface area contributed by atoms with E-state index < -0.39 is 16.4 Å². The molecule has 2 aliphatic rings. The first-order chi connectivity index (χ1) is 13.4. The number of Topliss-reactive ketones (excluding diaryl/α,β-unsaturated/α-hetero) is 1. The summed E-state index contributed by atoms with van der Waals surface area (Å²) in [4.78, 5) is 36.7. The van der Waals surface area contributed by atoms with Gasteiger partial charge in [0, 0.05) is 19.4 Å². The molecule has 142 valence electrons. The van der Waals surface area contributed by atoms with Crippen molar-refractivity contribution in [2.45, 2.75) is 38.4 Å². The van der Waals surface area contributed by atoms with Crippen LogP contribution in [0.3, 0.4) is 0 Å². The number of benzene rings is 1. The minimum atomic E-state index is -1.42. The van der Waals surface area contributed by atoms with Crippen LogP contribution in [-0.2, 0) is 12.8 Å². The lowest BCUT2D eigenvalue weighted by molar-refractivity contribution is -0.661. The molecule has 2 heterocycles. The first kappa shape index (κ1) is 17.9. The summed E-state index contributed by atoms with van der Waals surface area (Å²) in [5.41, 5.74) is 3.97. The molecule has 9 nitrogen and oxygen atoms in total. The first-order valence-electron chi connectivity index (χ1n) is 8.92. The number of hydrogen-bond donors (Lipinski definition) is 1. The lowest BCUT2D eigenvalue weighted by Gasteiger charge is -2.18. The zero-order valence-corrected chi connectivity index (χ0v) is 15.5. The van der Waals surface area contributed by atoms with Gasteiger partial charge in [0.05, 0.1) is 11.0 Å². The standard InChI is InChI=1S/C19H18N6O3/c1-12-16(25(27)28)17(18(26)19(2)21-7-8-22-19)24(11-20-12)23-15-9-13-5-3-4-6-14(13)10-15/h3-8,11,15H,9-10H2,1-2H3/p+1. The van der Waals surface area contributed by atoms with Crippen LogP contribution in [0.1, 0.15) is 34.2 Å². The summed E-state index contributed by atoms with van der Waals surface area (Å²) < 4.78 is 1.36. The summed E-state index contributed by atoms with van der Waals surface area (Å²) in [6.07, 6.45) is 5.76. The van der Waals surface area contributed by atoms with E-state index in [4.69, 9.17) is 0 Å². The molecule has 0 amide bonds. The number of nitrogens with zero attached hydrogens (tertiary/aromatic N) is 5. The third-order valence-corrected chi connectivity index (χ3v) is 5.09. The molecule has 0 saturated heterocycles. The quantitative estimate of drug-likeness (QED) is 0.365. The van der Waals surface area contributed by atoms with Crippen LogP contribution >= 0.6 is 0 Å². The SMILES string of the molecule is Cc1nc[n+](NC2Cc3ccccc3C2)c(C(=O)C2(C)N=CC=N2)c1[N+](=O)[O-]. The van der Waals surface area contributed by atoms with E-state index in [1.165, 1.54) is 48.4 Å². The van der Waals surface area contributed by atoms with Crippen LogP contribution < -0.4 is 10.1 Å². The average molecular weight is 379 g/mol. The zero-order valence-electron chi connectivity index (χ0n) is 15.5. The van der Waals surface area contributed by atoms with Gasteiger partial charge in [0.1, 0.15) is 0 Å². The molecule has 1 aromatic carbocycles. The Labute approximate surface area is 161 Å². The Morgan fingerprint density at radius 1 is 1.25 bits per heavy atom. The smallest absolute Gasteiger partial charge is 0.285 e. The molecule has 9 heteroatoms. The van der Waals surface area contributed by atoms with Gasteiger partial charge in [0.15, 0.2) is 0 Å². The molecule has 0 atom stereocenters. The lowest BCUT2D eigenvalue weighted by Crippen LogP contribution is -2.57. The van der Waals surface area contributed by atoms with Crippen molar-refractivity contribution >= 4 is 23.9 Å². The molecule has 0 saturated carbocycles. The number of fused-ring (bicyclic) bond motifs is 1. The molecule has 0 fully saturated rings. The van der Waals surface area contributed by atoms with E-state index in [1.807, 2.05) is 12.1 Å². The number of aliphatic imine (C=N–C) groups is 2. The molecule has 0 spiro atoms. The van der Waals surface area contributed by atoms with Crippen LogP contribution in [0.2, 0.25) is 0 Å². The fraction of sp³-hybridized carbons (Fsp3) is 0.316. The van der Waals surface area contributed by atoms with E-state index in [9.17, 15) is 14.9 Å². The van der Waals surface area contributed by atoms with Gasteiger partial charge in [-0.15, -0.1) is 4.68 Å². The van der Waals surface area contributed by atoms with Crippen molar-refractivity contribution in [2.75, 3.05) is 5.43 Å². The summed E-state index contributed by atoms with van der Waals surface area (Å²) in [7, 11) is 0. The van der Waals surface area contributed by atoms with Crippen LogP contribution in [0.5, 0.6) is 0 Å². The maximum absolute atomic E-state index is 13.2. The largest absolute Gasteiger partial charge is 0.367 e. The van der Waals surface area contributed by atoms with Gasteiger partial charge in [-0.05, 0) is 35.9 Å². The molecule has 4 rings (SSSR count). The highest BCUT2D eigenvalue weighted by Gasteiger charge is 2.45. The van der Waals surface area contributed by atoms with Crippen LogP contribution in [0.15, 0.2) is 40.6 Å². The second kappa shape index (κ2) is 6.59. The van der Waals surface area contributed by atoms with E-state index in [-0.39, 0.29) is 23.1 Å². The molecule has 0 bridgehead atoms. The topological polar surface area (TPSA) is 114 Å². The average Bonchev–Trinajstić information content (AvgIpc) is 3.28. The molecular formula is C19H19N6O3+. The van der Waals surface area contributed by atoms with E-state index in [0.717, 1.165) is 12.8 Å². The highest BCUT2D eigenvalue weighted by molar-refractivity contribution is 6.21. The number of ketones is 1. The number of rotatable bonds is 5. The molecular weight excluding hydrogens is 360 g/mol. The summed E-state index contributed by atoms with van der Waals surface area (Å²) >= 11 is 0. The summed E-state index contributed by atoms with van der Waals surface area (Å²) in [6.45, 7) is 3.04. The van der Waals surface area contributed by atoms with Crippen molar-refractivity contribution in [3.8, 4) is 0 Å². The number of nitro groups is 1. The van der Waals surface area contributed by atoms with Gasteiger partial charge in [0.2, 0.25) is 11.4 Å². The zero-order chi connectivity index (χ0) is 19.9. The highest BCUT2D eigenvalue weighted by Crippen LogP contribution is 2.27. The minimum Gasteiger partial charge on any atom is -0.285 e. The first-order valence-corrected chi connectivity index (χ1v) is 8.92. The third kappa shape index (κ3) is 2.94. The molecule has 2 aromatic rings. The summed E-state index contributed by atoms with van der Waals surface area (Å²) in [6, 6.07) is 8.08. The number of aromatic nitrogens is 2. The van der Waals surface area contributed by atoms with Crippen molar-refractivity contribution in [1.82, 2.24) is 4.98 Å².